The van der Waals surface area contributed by atoms with E-state index in [9.17, 15) is 0 Å². The maximum absolute atomic E-state index is 4.35. The van der Waals surface area contributed by atoms with Crippen molar-refractivity contribution in [3.05, 3.63) is 11.6 Å². The van der Waals surface area contributed by atoms with Crippen LogP contribution >= 0.6 is 0 Å². The topological polar surface area (TPSA) is 67.1 Å². The van der Waals surface area contributed by atoms with Crippen molar-refractivity contribution in [2.45, 2.75) is 58.0 Å². The average molecular weight is 290 g/mol. The van der Waals surface area contributed by atoms with Crippen molar-refractivity contribution >= 4 is 5.96 Å². The quantitative estimate of drug-likeness (QED) is 0.649. The molecular weight excluding hydrogens is 264 g/mol. The molecule has 2 heterocycles. The number of hydrogen-bond donors (Lipinski definition) is 2. The minimum absolute atomic E-state index is 0.606. The number of nitrogens with zero attached hydrogens (tertiary/aromatic N) is 4. The van der Waals surface area contributed by atoms with Gasteiger partial charge in [0.25, 0.3) is 0 Å². The molecule has 6 nitrogen and oxygen atoms in total. The van der Waals surface area contributed by atoms with E-state index in [1.807, 2.05) is 14.0 Å². The second-order valence-corrected chi connectivity index (χ2v) is 6.26. The minimum atomic E-state index is 0.606. The van der Waals surface area contributed by atoms with E-state index in [-0.39, 0.29) is 0 Å². The summed E-state index contributed by atoms with van der Waals surface area (Å²) in [6, 6.07) is 0.606. The lowest BCUT2D eigenvalue weighted by Crippen LogP contribution is -2.44. The SMILES string of the molecule is CN=C(NCC1CCc2nnc(C)n2C1)NC1CCCC1. The van der Waals surface area contributed by atoms with E-state index in [2.05, 4.69) is 30.4 Å². The van der Waals surface area contributed by atoms with Crippen LogP contribution in [0.4, 0.5) is 0 Å². The average Bonchev–Trinajstić information content (AvgIpc) is 3.14. The first-order chi connectivity index (χ1) is 10.3. The summed E-state index contributed by atoms with van der Waals surface area (Å²) in [6.45, 7) is 4.01. The van der Waals surface area contributed by atoms with Crippen LogP contribution in [0.2, 0.25) is 0 Å². The molecule has 3 rings (SSSR count). The summed E-state index contributed by atoms with van der Waals surface area (Å²) in [5.74, 6) is 3.74. The van der Waals surface area contributed by atoms with Crippen LogP contribution in [-0.2, 0) is 13.0 Å². The van der Waals surface area contributed by atoms with Crippen molar-refractivity contribution in [1.29, 1.82) is 0 Å². The van der Waals surface area contributed by atoms with E-state index in [0.29, 0.717) is 12.0 Å². The zero-order valence-corrected chi connectivity index (χ0v) is 13.1. The van der Waals surface area contributed by atoms with Gasteiger partial charge >= 0.3 is 0 Å². The first-order valence-corrected chi connectivity index (χ1v) is 8.12. The molecule has 1 fully saturated rings. The Morgan fingerprint density at radius 2 is 2.10 bits per heavy atom. The number of hydrogen-bond acceptors (Lipinski definition) is 3. The van der Waals surface area contributed by atoms with Gasteiger partial charge in [-0.25, -0.2) is 0 Å². The number of fused-ring (bicyclic) bond motifs is 1. The zero-order chi connectivity index (χ0) is 14.7. The Labute approximate surface area is 126 Å². The normalized spacial score (nSPS) is 23.1. The van der Waals surface area contributed by atoms with Crippen LogP contribution in [-0.4, -0.2) is 40.4 Å². The summed E-state index contributed by atoms with van der Waals surface area (Å²) in [7, 11) is 1.85. The van der Waals surface area contributed by atoms with Gasteiger partial charge in [0.2, 0.25) is 0 Å². The lowest BCUT2D eigenvalue weighted by Gasteiger charge is -2.25. The Balaban J connectivity index is 1.49. The Kier molecular flexibility index (Phi) is 4.41. The fourth-order valence-electron chi connectivity index (χ4n) is 3.40. The van der Waals surface area contributed by atoms with E-state index in [4.69, 9.17) is 0 Å². The lowest BCUT2D eigenvalue weighted by molar-refractivity contribution is 0.358. The highest BCUT2D eigenvalue weighted by molar-refractivity contribution is 5.79. The summed E-state index contributed by atoms with van der Waals surface area (Å²) >= 11 is 0. The summed E-state index contributed by atoms with van der Waals surface area (Å²) in [5.41, 5.74) is 0. The third-order valence-electron chi connectivity index (χ3n) is 4.71. The van der Waals surface area contributed by atoms with Gasteiger partial charge in [0.05, 0.1) is 0 Å². The van der Waals surface area contributed by atoms with Gasteiger partial charge in [-0.3, -0.25) is 4.99 Å². The van der Waals surface area contributed by atoms with Gasteiger partial charge in [-0.1, -0.05) is 12.8 Å². The highest BCUT2D eigenvalue weighted by Crippen LogP contribution is 2.19. The number of nitrogens with one attached hydrogen (secondary N) is 2. The molecule has 0 radical (unpaired) electrons. The van der Waals surface area contributed by atoms with E-state index in [0.717, 1.165) is 37.1 Å². The molecule has 1 atom stereocenters. The summed E-state index contributed by atoms with van der Waals surface area (Å²) < 4.78 is 2.25. The number of guanidine groups is 1. The fraction of sp³-hybridized carbons (Fsp3) is 0.800. The van der Waals surface area contributed by atoms with Crippen molar-refractivity contribution in [3.8, 4) is 0 Å². The largest absolute Gasteiger partial charge is 0.356 e. The maximum atomic E-state index is 4.35. The molecule has 0 bridgehead atoms. The number of aliphatic imine (C=N–C) groups is 1. The molecule has 0 saturated heterocycles. The molecule has 2 N–H and O–H groups in total. The molecular formula is C15H26N6. The molecule has 1 saturated carbocycles. The van der Waals surface area contributed by atoms with E-state index >= 15 is 0 Å². The van der Waals surface area contributed by atoms with Crippen LogP contribution in [0.3, 0.4) is 0 Å². The van der Waals surface area contributed by atoms with Crippen LogP contribution in [0.1, 0.15) is 43.8 Å². The highest BCUT2D eigenvalue weighted by atomic mass is 15.3. The molecule has 2 aliphatic rings. The Morgan fingerprint density at radius 1 is 1.29 bits per heavy atom. The molecule has 21 heavy (non-hydrogen) atoms. The molecule has 1 aliphatic carbocycles. The van der Waals surface area contributed by atoms with E-state index < -0.39 is 0 Å². The predicted octanol–water partition coefficient (Wildman–Crippen LogP) is 1.26. The first kappa shape index (κ1) is 14.4. The Hall–Kier alpha value is -1.59. The standard InChI is InChI=1S/C15H26N6/c1-11-19-20-14-8-7-12(10-21(11)14)9-17-15(16-2)18-13-5-3-4-6-13/h12-13H,3-10H2,1-2H3,(H2,16,17,18). The van der Waals surface area contributed by atoms with Gasteiger partial charge in [-0.05, 0) is 32.1 Å². The van der Waals surface area contributed by atoms with Gasteiger partial charge in [0, 0.05) is 32.6 Å². The molecule has 0 spiro atoms. The molecule has 116 valence electrons. The predicted molar refractivity (Wildman–Crippen MR) is 83.3 cm³/mol. The molecule has 0 aromatic carbocycles. The highest BCUT2D eigenvalue weighted by Gasteiger charge is 2.22. The Morgan fingerprint density at radius 3 is 2.86 bits per heavy atom. The third-order valence-corrected chi connectivity index (χ3v) is 4.71. The maximum Gasteiger partial charge on any atom is 0.191 e. The number of aromatic nitrogens is 3. The van der Waals surface area contributed by atoms with Gasteiger partial charge in [-0.2, -0.15) is 0 Å². The fourth-order valence-corrected chi connectivity index (χ4v) is 3.40. The lowest BCUT2D eigenvalue weighted by atomic mass is 9.99. The molecule has 6 heteroatoms. The summed E-state index contributed by atoms with van der Waals surface area (Å²) in [4.78, 5) is 4.35. The smallest absolute Gasteiger partial charge is 0.191 e. The van der Waals surface area contributed by atoms with Crippen LogP contribution in [0, 0.1) is 12.8 Å². The van der Waals surface area contributed by atoms with Crippen molar-refractivity contribution < 1.29 is 0 Å². The van der Waals surface area contributed by atoms with Crippen LogP contribution in [0.25, 0.3) is 0 Å². The third kappa shape index (κ3) is 3.36. The number of aryl methyl sites for hydroxylation is 2. The van der Waals surface area contributed by atoms with Gasteiger partial charge in [0.15, 0.2) is 5.96 Å². The second-order valence-electron chi connectivity index (χ2n) is 6.26. The minimum Gasteiger partial charge on any atom is -0.356 e. The van der Waals surface area contributed by atoms with Crippen molar-refractivity contribution in [2.75, 3.05) is 13.6 Å². The number of rotatable bonds is 3. The van der Waals surface area contributed by atoms with Crippen molar-refractivity contribution in [2.24, 2.45) is 10.9 Å². The summed E-state index contributed by atoms with van der Waals surface area (Å²) in [6.07, 6.45) is 7.42. The second kappa shape index (κ2) is 6.45. The molecule has 1 aromatic heterocycles. The monoisotopic (exact) mass is 290 g/mol. The molecule has 0 amide bonds. The molecule has 1 unspecified atom stereocenters. The van der Waals surface area contributed by atoms with Crippen LogP contribution < -0.4 is 10.6 Å². The van der Waals surface area contributed by atoms with Gasteiger partial charge in [-0.15, -0.1) is 10.2 Å². The first-order valence-electron chi connectivity index (χ1n) is 8.12. The zero-order valence-electron chi connectivity index (χ0n) is 13.1. The Bertz CT molecular complexity index is 500. The van der Waals surface area contributed by atoms with Gasteiger partial charge in [0.1, 0.15) is 11.6 Å². The van der Waals surface area contributed by atoms with E-state index in [1.54, 1.807) is 0 Å². The van der Waals surface area contributed by atoms with Crippen LogP contribution in [0.15, 0.2) is 4.99 Å². The van der Waals surface area contributed by atoms with Crippen molar-refractivity contribution in [3.63, 3.8) is 0 Å². The van der Waals surface area contributed by atoms with Crippen molar-refractivity contribution in [1.82, 2.24) is 25.4 Å². The molecule has 1 aromatic rings. The van der Waals surface area contributed by atoms with E-state index in [1.165, 1.54) is 32.1 Å². The van der Waals surface area contributed by atoms with Gasteiger partial charge < -0.3 is 15.2 Å². The van der Waals surface area contributed by atoms with Crippen LogP contribution in [0.5, 0.6) is 0 Å². The molecule has 1 aliphatic heterocycles. The summed E-state index contributed by atoms with van der Waals surface area (Å²) in [5, 5.41) is 15.4.